The van der Waals surface area contributed by atoms with Crippen LogP contribution >= 0.6 is 15.9 Å². The van der Waals surface area contributed by atoms with Crippen molar-refractivity contribution >= 4 is 21.8 Å². The summed E-state index contributed by atoms with van der Waals surface area (Å²) in [5.74, 6) is -0.398. The van der Waals surface area contributed by atoms with E-state index in [2.05, 4.69) is 15.9 Å². The molecule has 0 radical (unpaired) electrons. The topological polar surface area (TPSA) is 29.5 Å². The summed E-state index contributed by atoms with van der Waals surface area (Å²) in [4.78, 5) is 13.7. The molecule has 3 nitrogen and oxygen atoms in total. The van der Waals surface area contributed by atoms with Crippen molar-refractivity contribution in [3.8, 4) is 0 Å². The molecule has 1 aliphatic rings. The molecule has 1 atom stereocenters. The molecule has 110 valence electrons. The van der Waals surface area contributed by atoms with Crippen molar-refractivity contribution < 1.29 is 22.7 Å². The Kier molecular flexibility index (Phi) is 4.70. The van der Waals surface area contributed by atoms with Crippen LogP contribution in [-0.4, -0.2) is 41.9 Å². The first-order valence-corrected chi connectivity index (χ1v) is 7.18. The van der Waals surface area contributed by atoms with E-state index in [1.54, 1.807) is 0 Å². The van der Waals surface area contributed by atoms with E-state index in [1.807, 2.05) is 0 Å². The molecule has 0 bridgehead atoms. The summed E-state index contributed by atoms with van der Waals surface area (Å²) in [5, 5.41) is 0.583. The summed E-state index contributed by atoms with van der Waals surface area (Å²) < 4.78 is 43.3. The number of ether oxygens (including phenoxy) is 1. The van der Waals surface area contributed by atoms with Gasteiger partial charge in [0.05, 0.1) is 18.3 Å². The third kappa shape index (κ3) is 3.52. The minimum absolute atomic E-state index is 0.0510. The van der Waals surface area contributed by atoms with Crippen molar-refractivity contribution in [3.63, 3.8) is 0 Å². The van der Waals surface area contributed by atoms with Crippen molar-refractivity contribution in [2.24, 2.45) is 0 Å². The van der Waals surface area contributed by atoms with Gasteiger partial charge in [-0.3, -0.25) is 4.79 Å². The molecular weight excluding hydrogens is 339 g/mol. The van der Waals surface area contributed by atoms with Crippen LogP contribution in [0.25, 0.3) is 0 Å². The highest BCUT2D eigenvalue weighted by molar-refractivity contribution is 9.09. The second kappa shape index (κ2) is 6.13. The summed E-state index contributed by atoms with van der Waals surface area (Å²) in [6.45, 7) is 1.15. The van der Waals surface area contributed by atoms with Gasteiger partial charge in [-0.05, 0) is 18.2 Å². The standard InChI is InChI=1S/C13H13BrF3NO2/c14-7-11-8-18(4-5-20-11)12(19)9-2-1-3-10(6-9)13(15,16)17/h1-3,6,11H,4-5,7-8H2. The highest BCUT2D eigenvalue weighted by Crippen LogP contribution is 2.29. The number of alkyl halides is 4. The molecule has 0 saturated carbocycles. The molecule has 1 aromatic carbocycles. The average molecular weight is 352 g/mol. The molecule has 20 heavy (non-hydrogen) atoms. The van der Waals surface area contributed by atoms with E-state index in [0.29, 0.717) is 25.0 Å². The van der Waals surface area contributed by atoms with E-state index in [0.717, 1.165) is 12.1 Å². The van der Waals surface area contributed by atoms with Crippen LogP contribution in [0.3, 0.4) is 0 Å². The molecule has 1 fully saturated rings. The van der Waals surface area contributed by atoms with Gasteiger partial charge in [-0.15, -0.1) is 0 Å². The van der Waals surface area contributed by atoms with Crippen LogP contribution in [0.15, 0.2) is 24.3 Å². The first kappa shape index (κ1) is 15.3. The highest BCUT2D eigenvalue weighted by Gasteiger charge is 2.32. The van der Waals surface area contributed by atoms with Gasteiger partial charge in [-0.25, -0.2) is 0 Å². The number of rotatable bonds is 2. The molecule has 1 aromatic rings. The van der Waals surface area contributed by atoms with Crippen LogP contribution < -0.4 is 0 Å². The van der Waals surface area contributed by atoms with Gasteiger partial charge in [0.15, 0.2) is 0 Å². The van der Waals surface area contributed by atoms with E-state index in [1.165, 1.54) is 17.0 Å². The number of nitrogens with zero attached hydrogens (tertiary/aromatic N) is 1. The maximum atomic E-state index is 12.6. The molecule has 0 aliphatic carbocycles. The summed E-state index contributed by atoms with van der Waals surface area (Å²) in [7, 11) is 0. The Hall–Kier alpha value is -1.08. The maximum absolute atomic E-state index is 12.6. The van der Waals surface area contributed by atoms with Crippen molar-refractivity contribution in [1.82, 2.24) is 4.90 Å². The van der Waals surface area contributed by atoms with Crippen LogP contribution in [0.4, 0.5) is 13.2 Å². The van der Waals surface area contributed by atoms with Gasteiger partial charge >= 0.3 is 6.18 Å². The molecule has 1 saturated heterocycles. The molecule has 1 amide bonds. The summed E-state index contributed by atoms with van der Waals surface area (Å²) in [6, 6.07) is 4.49. The van der Waals surface area contributed by atoms with Gasteiger partial charge in [0.25, 0.3) is 5.91 Å². The van der Waals surface area contributed by atoms with Gasteiger partial charge in [0, 0.05) is 24.0 Å². The second-order valence-corrected chi connectivity index (χ2v) is 5.12. The minimum Gasteiger partial charge on any atom is -0.374 e. The summed E-state index contributed by atoms with van der Waals surface area (Å²) in [5.41, 5.74) is -0.760. The smallest absolute Gasteiger partial charge is 0.374 e. The monoisotopic (exact) mass is 351 g/mol. The van der Waals surface area contributed by atoms with Crippen LogP contribution in [0.2, 0.25) is 0 Å². The fraction of sp³-hybridized carbons (Fsp3) is 0.462. The van der Waals surface area contributed by atoms with Crippen LogP contribution in [0.5, 0.6) is 0 Å². The lowest BCUT2D eigenvalue weighted by molar-refractivity contribution is -0.137. The zero-order valence-electron chi connectivity index (χ0n) is 10.5. The van der Waals surface area contributed by atoms with Gasteiger partial charge < -0.3 is 9.64 Å². The van der Waals surface area contributed by atoms with E-state index >= 15 is 0 Å². The van der Waals surface area contributed by atoms with Crippen molar-refractivity contribution in [2.75, 3.05) is 25.0 Å². The Morgan fingerprint density at radius 2 is 2.20 bits per heavy atom. The summed E-state index contributed by atoms with van der Waals surface area (Å²) in [6.07, 6.45) is -4.57. The zero-order chi connectivity index (χ0) is 14.8. The summed E-state index contributed by atoms with van der Waals surface area (Å²) >= 11 is 3.27. The number of carbonyl (C=O) groups excluding carboxylic acids is 1. The average Bonchev–Trinajstić information content (AvgIpc) is 2.46. The molecule has 7 heteroatoms. The molecule has 0 aromatic heterocycles. The van der Waals surface area contributed by atoms with Crippen molar-refractivity contribution in [2.45, 2.75) is 12.3 Å². The van der Waals surface area contributed by atoms with Crippen molar-refractivity contribution in [1.29, 1.82) is 0 Å². The van der Waals surface area contributed by atoms with Gasteiger partial charge in [0.2, 0.25) is 0 Å². The number of benzene rings is 1. The SMILES string of the molecule is O=C(c1cccc(C(F)(F)F)c1)N1CCOC(CBr)C1. The number of hydrogen-bond acceptors (Lipinski definition) is 2. The predicted molar refractivity (Wildman–Crippen MR) is 70.9 cm³/mol. The van der Waals surface area contributed by atoms with Crippen LogP contribution in [0.1, 0.15) is 15.9 Å². The molecular formula is C13H13BrF3NO2. The normalized spacial score (nSPS) is 20.0. The predicted octanol–water partition coefficient (Wildman–Crippen LogP) is 2.94. The lowest BCUT2D eigenvalue weighted by Gasteiger charge is -2.32. The maximum Gasteiger partial charge on any atom is 0.416 e. The molecule has 2 rings (SSSR count). The molecule has 1 unspecified atom stereocenters. The Labute approximate surface area is 122 Å². The second-order valence-electron chi connectivity index (χ2n) is 4.48. The van der Waals surface area contributed by atoms with Crippen LogP contribution in [0, 0.1) is 0 Å². The number of carbonyl (C=O) groups is 1. The first-order chi connectivity index (χ1) is 9.41. The third-order valence-electron chi connectivity index (χ3n) is 3.03. The fourth-order valence-electron chi connectivity index (χ4n) is 2.01. The van der Waals surface area contributed by atoms with E-state index in [4.69, 9.17) is 4.74 Å². The first-order valence-electron chi connectivity index (χ1n) is 6.06. The van der Waals surface area contributed by atoms with Gasteiger partial charge in [0.1, 0.15) is 0 Å². The molecule has 0 spiro atoms. The lowest BCUT2D eigenvalue weighted by Crippen LogP contribution is -2.46. The van der Waals surface area contributed by atoms with Gasteiger partial charge in [-0.2, -0.15) is 13.2 Å². The van der Waals surface area contributed by atoms with E-state index in [-0.39, 0.29) is 11.7 Å². The minimum atomic E-state index is -4.44. The Balaban J connectivity index is 2.17. The van der Waals surface area contributed by atoms with Gasteiger partial charge in [-0.1, -0.05) is 22.0 Å². The van der Waals surface area contributed by atoms with E-state index < -0.39 is 17.6 Å². The third-order valence-corrected chi connectivity index (χ3v) is 3.76. The van der Waals surface area contributed by atoms with Crippen LogP contribution in [-0.2, 0) is 10.9 Å². The number of morpholine rings is 1. The Bertz CT molecular complexity index is 493. The molecule has 1 heterocycles. The molecule has 0 N–H and O–H groups in total. The highest BCUT2D eigenvalue weighted by atomic mass is 79.9. The number of hydrogen-bond donors (Lipinski definition) is 0. The number of halogens is 4. The quantitative estimate of drug-likeness (QED) is 0.766. The Morgan fingerprint density at radius 3 is 2.85 bits per heavy atom. The lowest BCUT2D eigenvalue weighted by atomic mass is 10.1. The van der Waals surface area contributed by atoms with E-state index in [9.17, 15) is 18.0 Å². The molecule has 1 aliphatic heterocycles. The zero-order valence-corrected chi connectivity index (χ0v) is 12.1. The fourth-order valence-corrected chi connectivity index (χ4v) is 2.40. The Morgan fingerprint density at radius 1 is 1.45 bits per heavy atom. The van der Waals surface area contributed by atoms with Crippen molar-refractivity contribution in [3.05, 3.63) is 35.4 Å². The number of amides is 1. The largest absolute Gasteiger partial charge is 0.416 e.